The number of carboxylic acids is 1. The van der Waals surface area contributed by atoms with Crippen LogP contribution in [-0.2, 0) is 16.0 Å². The zero-order valence-electron chi connectivity index (χ0n) is 10.4. The molecule has 1 aromatic rings. The summed E-state index contributed by atoms with van der Waals surface area (Å²) in [5, 5.41) is 11.1. The lowest BCUT2D eigenvalue weighted by molar-refractivity contribution is -0.141. The standard InChI is InChI=1S/C13H16BrNO3/c1-8-7-10(3-5-11(8)14)4-6-12(16)15-9(2)13(17)18/h3,5,7,9H,4,6H2,1-2H3,(H,15,16)(H,17,18)/t9-/m1/s1. The number of carboxylic acid groups (broad SMARTS) is 1. The number of hydrogen-bond donors (Lipinski definition) is 2. The summed E-state index contributed by atoms with van der Waals surface area (Å²) in [6, 6.07) is 5.06. The summed E-state index contributed by atoms with van der Waals surface area (Å²) < 4.78 is 1.04. The molecular weight excluding hydrogens is 298 g/mol. The van der Waals surface area contributed by atoms with E-state index in [1.165, 1.54) is 6.92 Å². The molecule has 1 rings (SSSR count). The SMILES string of the molecule is Cc1cc(CCC(=O)N[C@H](C)C(=O)O)ccc1Br. The minimum atomic E-state index is -1.03. The van der Waals surface area contributed by atoms with Crippen LogP contribution in [0.25, 0.3) is 0 Å². The zero-order chi connectivity index (χ0) is 13.7. The van der Waals surface area contributed by atoms with Crippen molar-refractivity contribution in [3.05, 3.63) is 33.8 Å². The van der Waals surface area contributed by atoms with Crippen LogP contribution in [0.2, 0.25) is 0 Å². The van der Waals surface area contributed by atoms with E-state index in [1.807, 2.05) is 25.1 Å². The molecule has 18 heavy (non-hydrogen) atoms. The number of halogens is 1. The topological polar surface area (TPSA) is 66.4 Å². The Kier molecular flexibility index (Phi) is 5.34. The fourth-order valence-electron chi connectivity index (χ4n) is 1.50. The van der Waals surface area contributed by atoms with Gasteiger partial charge in [0.2, 0.25) is 5.91 Å². The summed E-state index contributed by atoms with van der Waals surface area (Å²) >= 11 is 3.41. The average molecular weight is 314 g/mol. The van der Waals surface area contributed by atoms with Gasteiger partial charge in [0.25, 0.3) is 0 Å². The van der Waals surface area contributed by atoms with Crippen molar-refractivity contribution in [3.8, 4) is 0 Å². The van der Waals surface area contributed by atoms with E-state index in [2.05, 4.69) is 21.2 Å². The maximum Gasteiger partial charge on any atom is 0.325 e. The maximum atomic E-state index is 11.5. The van der Waals surface area contributed by atoms with E-state index < -0.39 is 12.0 Å². The van der Waals surface area contributed by atoms with Crippen molar-refractivity contribution in [2.24, 2.45) is 0 Å². The second kappa shape index (κ2) is 6.54. The number of aryl methyl sites for hydroxylation is 2. The highest BCUT2D eigenvalue weighted by atomic mass is 79.9. The van der Waals surface area contributed by atoms with Gasteiger partial charge in [-0.05, 0) is 37.5 Å². The Morgan fingerprint density at radius 2 is 2.11 bits per heavy atom. The number of nitrogens with one attached hydrogen (secondary N) is 1. The van der Waals surface area contributed by atoms with Crippen LogP contribution in [0.3, 0.4) is 0 Å². The molecule has 0 aromatic heterocycles. The quantitative estimate of drug-likeness (QED) is 0.876. The first-order chi connectivity index (χ1) is 8.40. The van der Waals surface area contributed by atoms with Gasteiger partial charge in [0, 0.05) is 10.9 Å². The molecule has 0 aliphatic heterocycles. The lowest BCUT2D eigenvalue weighted by atomic mass is 10.1. The molecule has 0 aliphatic carbocycles. The third-order valence-corrected chi connectivity index (χ3v) is 3.50. The third-order valence-electron chi connectivity index (χ3n) is 2.61. The Hall–Kier alpha value is -1.36. The van der Waals surface area contributed by atoms with Gasteiger partial charge in [-0.3, -0.25) is 9.59 Å². The Balaban J connectivity index is 2.47. The van der Waals surface area contributed by atoms with Gasteiger partial charge in [0.05, 0.1) is 0 Å². The molecule has 0 aliphatic rings. The molecule has 1 atom stereocenters. The zero-order valence-corrected chi connectivity index (χ0v) is 12.0. The van der Waals surface area contributed by atoms with Crippen LogP contribution in [-0.4, -0.2) is 23.0 Å². The highest BCUT2D eigenvalue weighted by molar-refractivity contribution is 9.10. The minimum Gasteiger partial charge on any atom is -0.480 e. The summed E-state index contributed by atoms with van der Waals surface area (Å²) in [7, 11) is 0. The number of carbonyl (C=O) groups excluding carboxylic acids is 1. The average Bonchev–Trinajstić information content (AvgIpc) is 2.30. The molecule has 1 amide bonds. The Bertz CT molecular complexity index is 460. The fraction of sp³-hybridized carbons (Fsp3) is 0.385. The number of carbonyl (C=O) groups is 2. The predicted molar refractivity (Wildman–Crippen MR) is 72.4 cm³/mol. The van der Waals surface area contributed by atoms with Crippen LogP contribution in [0, 0.1) is 6.92 Å². The molecule has 0 heterocycles. The van der Waals surface area contributed by atoms with E-state index in [9.17, 15) is 9.59 Å². The van der Waals surface area contributed by atoms with Crippen LogP contribution in [0.1, 0.15) is 24.5 Å². The predicted octanol–water partition coefficient (Wildman–Crippen LogP) is 2.28. The van der Waals surface area contributed by atoms with Crippen LogP contribution in [0.5, 0.6) is 0 Å². The number of hydrogen-bond acceptors (Lipinski definition) is 2. The van der Waals surface area contributed by atoms with Crippen molar-refractivity contribution >= 4 is 27.8 Å². The van der Waals surface area contributed by atoms with Gasteiger partial charge in [0.1, 0.15) is 6.04 Å². The summed E-state index contributed by atoms with van der Waals surface area (Å²) in [5.74, 6) is -1.27. The maximum absolute atomic E-state index is 11.5. The monoisotopic (exact) mass is 313 g/mol. The van der Waals surface area contributed by atoms with Crippen LogP contribution in [0.15, 0.2) is 22.7 Å². The largest absolute Gasteiger partial charge is 0.480 e. The minimum absolute atomic E-state index is 0.245. The van der Waals surface area contributed by atoms with Gasteiger partial charge in [0.15, 0.2) is 0 Å². The van der Waals surface area contributed by atoms with E-state index in [1.54, 1.807) is 0 Å². The highest BCUT2D eigenvalue weighted by Gasteiger charge is 2.13. The van der Waals surface area contributed by atoms with Crippen molar-refractivity contribution in [2.75, 3.05) is 0 Å². The first-order valence-electron chi connectivity index (χ1n) is 5.67. The number of amides is 1. The van der Waals surface area contributed by atoms with Crippen molar-refractivity contribution in [1.82, 2.24) is 5.32 Å². The lowest BCUT2D eigenvalue weighted by Crippen LogP contribution is -2.38. The third kappa shape index (κ3) is 4.49. The molecule has 2 N–H and O–H groups in total. The second-order valence-corrected chi connectivity index (χ2v) is 5.07. The summed E-state index contributed by atoms with van der Waals surface area (Å²) in [6.45, 7) is 3.43. The van der Waals surface area contributed by atoms with Gasteiger partial charge >= 0.3 is 5.97 Å². The van der Waals surface area contributed by atoms with Gasteiger partial charge in [-0.1, -0.05) is 28.1 Å². The van der Waals surface area contributed by atoms with E-state index in [-0.39, 0.29) is 5.91 Å². The molecule has 0 unspecified atom stereocenters. The Morgan fingerprint density at radius 3 is 2.67 bits per heavy atom. The van der Waals surface area contributed by atoms with Crippen molar-refractivity contribution in [1.29, 1.82) is 0 Å². The lowest BCUT2D eigenvalue weighted by Gasteiger charge is -2.09. The van der Waals surface area contributed by atoms with Crippen LogP contribution in [0.4, 0.5) is 0 Å². The summed E-state index contributed by atoms with van der Waals surface area (Å²) in [5.41, 5.74) is 2.18. The first-order valence-corrected chi connectivity index (χ1v) is 6.46. The molecular formula is C13H16BrNO3. The summed E-state index contributed by atoms with van der Waals surface area (Å²) in [6.07, 6.45) is 0.894. The number of rotatable bonds is 5. The molecule has 0 bridgehead atoms. The molecule has 98 valence electrons. The van der Waals surface area contributed by atoms with E-state index in [4.69, 9.17) is 5.11 Å². The molecule has 0 saturated heterocycles. The van der Waals surface area contributed by atoms with Crippen molar-refractivity contribution in [2.45, 2.75) is 32.7 Å². The number of aliphatic carboxylic acids is 1. The second-order valence-electron chi connectivity index (χ2n) is 4.21. The normalized spacial score (nSPS) is 11.9. The molecule has 5 heteroatoms. The van der Waals surface area contributed by atoms with Crippen LogP contribution >= 0.6 is 15.9 Å². The molecule has 0 spiro atoms. The highest BCUT2D eigenvalue weighted by Crippen LogP contribution is 2.17. The Labute approximate surface area is 115 Å². The molecule has 1 aromatic carbocycles. The molecule has 4 nitrogen and oxygen atoms in total. The van der Waals surface area contributed by atoms with Gasteiger partial charge in [-0.25, -0.2) is 0 Å². The molecule has 0 radical (unpaired) electrons. The number of benzene rings is 1. The van der Waals surface area contributed by atoms with Crippen LogP contribution < -0.4 is 5.32 Å². The van der Waals surface area contributed by atoms with Gasteiger partial charge in [-0.2, -0.15) is 0 Å². The Morgan fingerprint density at radius 1 is 1.44 bits per heavy atom. The van der Waals surface area contributed by atoms with Crippen molar-refractivity contribution < 1.29 is 14.7 Å². The smallest absolute Gasteiger partial charge is 0.325 e. The van der Waals surface area contributed by atoms with Gasteiger partial charge < -0.3 is 10.4 Å². The van der Waals surface area contributed by atoms with E-state index >= 15 is 0 Å². The molecule has 0 saturated carbocycles. The summed E-state index contributed by atoms with van der Waals surface area (Å²) in [4.78, 5) is 22.1. The van der Waals surface area contributed by atoms with E-state index in [0.717, 1.165) is 15.6 Å². The molecule has 0 fully saturated rings. The van der Waals surface area contributed by atoms with E-state index in [0.29, 0.717) is 12.8 Å². The fourth-order valence-corrected chi connectivity index (χ4v) is 1.74. The van der Waals surface area contributed by atoms with Gasteiger partial charge in [-0.15, -0.1) is 0 Å². The van der Waals surface area contributed by atoms with Crippen molar-refractivity contribution in [3.63, 3.8) is 0 Å². The first kappa shape index (κ1) is 14.7.